The summed E-state index contributed by atoms with van der Waals surface area (Å²) >= 11 is 1.40. The molecule has 0 unspecified atom stereocenters. The van der Waals surface area contributed by atoms with E-state index in [4.69, 9.17) is 0 Å². The van der Waals surface area contributed by atoms with Gasteiger partial charge in [0.2, 0.25) is 5.91 Å². The molecule has 146 valence electrons. The number of hydrogen-bond donors (Lipinski definition) is 1. The van der Waals surface area contributed by atoms with Crippen LogP contribution in [0.1, 0.15) is 32.3 Å². The molecule has 0 saturated heterocycles. The van der Waals surface area contributed by atoms with Gasteiger partial charge in [-0.25, -0.2) is 0 Å². The molecule has 0 aliphatic carbocycles. The van der Waals surface area contributed by atoms with Gasteiger partial charge in [-0.2, -0.15) is 0 Å². The molecule has 1 aromatic carbocycles. The zero-order valence-corrected chi connectivity index (χ0v) is 17.1. The van der Waals surface area contributed by atoms with Crippen LogP contribution in [0, 0.1) is 0 Å². The summed E-state index contributed by atoms with van der Waals surface area (Å²) in [5.41, 5.74) is 3.18. The first kappa shape index (κ1) is 20.1. The molecular weight excluding hydrogens is 370 g/mol. The molecule has 0 spiro atoms. The van der Waals surface area contributed by atoms with Crippen LogP contribution in [0.15, 0.2) is 53.9 Å². The Morgan fingerprint density at radius 3 is 2.50 bits per heavy atom. The van der Waals surface area contributed by atoms with Gasteiger partial charge in [0.1, 0.15) is 0 Å². The van der Waals surface area contributed by atoms with Gasteiger partial charge in [-0.3, -0.25) is 14.3 Å². The van der Waals surface area contributed by atoms with Crippen molar-refractivity contribution in [2.75, 3.05) is 12.3 Å². The van der Waals surface area contributed by atoms with Gasteiger partial charge in [0, 0.05) is 30.2 Å². The molecule has 0 bridgehead atoms. The normalized spacial score (nSPS) is 10.8. The third kappa shape index (κ3) is 4.98. The van der Waals surface area contributed by atoms with Gasteiger partial charge < -0.3 is 5.32 Å². The SMILES string of the molecule is CCCCNC(=O)CSc1nnc(-c2ccncc2)n1-c1ccc(CC)cc1. The van der Waals surface area contributed by atoms with Crippen molar-refractivity contribution in [3.8, 4) is 17.1 Å². The fourth-order valence-electron chi connectivity index (χ4n) is 2.75. The lowest BCUT2D eigenvalue weighted by Gasteiger charge is -2.11. The number of aromatic nitrogens is 4. The molecule has 3 rings (SSSR count). The molecule has 6 nitrogen and oxygen atoms in total. The van der Waals surface area contributed by atoms with Gasteiger partial charge >= 0.3 is 0 Å². The zero-order chi connectivity index (χ0) is 19.8. The Kier molecular flexibility index (Phi) is 7.19. The van der Waals surface area contributed by atoms with Crippen LogP contribution in [0.25, 0.3) is 17.1 Å². The molecule has 2 heterocycles. The van der Waals surface area contributed by atoms with Gasteiger partial charge in [0.15, 0.2) is 11.0 Å². The minimum absolute atomic E-state index is 0.0137. The van der Waals surface area contributed by atoms with Crippen LogP contribution in [0.5, 0.6) is 0 Å². The van der Waals surface area contributed by atoms with Gasteiger partial charge in [-0.1, -0.05) is 44.2 Å². The summed E-state index contributed by atoms with van der Waals surface area (Å²) in [5.74, 6) is 1.06. The molecule has 0 radical (unpaired) electrons. The van der Waals surface area contributed by atoms with Gasteiger partial charge in [0.05, 0.1) is 5.75 Å². The van der Waals surface area contributed by atoms with Crippen LogP contribution in [0.3, 0.4) is 0 Å². The number of aryl methyl sites for hydroxylation is 1. The Bertz CT molecular complexity index is 893. The Balaban J connectivity index is 1.87. The highest BCUT2D eigenvalue weighted by Crippen LogP contribution is 2.27. The van der Waals surface area contributed by atoms with Crippen LogP contribution < -0.4 is 5.32 Å². The zero-order valence-electron chi connectivity index (χ0n) is 16.3. The predicted molar refractivity (Wildman–Crippen MR) is 113 cm³/mol. The highest BCUT2D eigenvalue weighted by Gasteiger charge is 2.17. The minimum atomic E-state index is 0.0137. The minimum Gasteiger partial charge on any atom is -0.355 e. The van der Waals surface area contributed by atoms with Crippen LogP contribution in [0.4, 0.5) is 0 Å². The van der Waals surface area contributed by atoms with Crippen molar-refractivity contribution in [2.45, 2.75) is 38.3 Å². The third-order valence-electron chi connectivity index (χ3n) is 4.36. The van der Waals surface area contributed by atoms with E-state index in [-0.39, 0.29) is 5.91 Å². The Labute approximate surface area is 169 Å². The first-order chi connectivity index (χ1) is 13.7. The lowest BCUT2D eigenvalue weighted by molar-refractivity contribution is -0.118. The summed E-state index contributed by atoms with van der Waals surface area (Å²) in [5, 5.41) is 12.4. The molecule has 3 aromatic rings. The number of hydrogen-bond acceptors (Lipinski definition) is 5. The van der Waals surface area contributed by atoms with Crippen molar-refractivity contribution in [3.05, 3.63) is 54.4 Å². The van der Waals surface area contributed by atoms with E-state index in [9.17, 15) is 4.79 Å². The maximum Gasteiger partial charge on any atom is 0.230 e. The highest BCUT2D eigenvalue weighted by molar-refractivity contribution is 7.99. The average Bonchev–Trinajstić information content (AvgIpc) is 3.17. The third-order valence-corrected chi connectivity index (χ3v) is 5.29. The Hall–Kier alpha value is -2.67. The maximum atomic E-state index is 12.1. The van der Waals surface area contributed by atoms with Crippen molar-refractivity contribution in [3.63, 3.8) is 0 Å². The smallest absolute Gasteiger partial charge is 0.230 e. The van der Waals surface area contributed by atoms with Crippen molar-refractivity contribution < 1.29 is 4.79 Å². The van der Waals surface area contributed by atoms with Crippen LogP contribution >= 0.6 is 11.8 Å². The summed E-state index contributed by atoms with van der Waals surface area (Å²) in [6.07, 6.45) is 6.51. The molecule has 0 aliphatic heterocycles. The monoisotopic (exact) mass is 395 g/mol. The molecular formula is C21H25N5OS. The number of thioether (sulfide) groups is 1. The fourth-order valence-corrected chi connectivity index (χ4v) is 3.53. The van der Waals surface area contributed by atoms with Gasteiger partial charge in [-0.15, -0.1) is 10.2 Å². The predicted octanol–water partition coefficient (Wildman–Crippen LogP) is 3.90. The second kappa shape index (κ2) is 10.0. The van der Waals surface area contributed by atoms with Gasteiger partial charge in [-0.05, 0) is 42.7 Å². The number of rotatable bonds is 9. The lowest BCUT2D eigenvalue weighted by Crippen LogP contribution is -2.26. The fraction of sp³-hybridized carbons (Fsp3) is 0.333. The molecule has 0 fully saturated rings. The largest absolute Gasteiger partial charge is 0.355 e. The van der Waals surface area contributed by atoms with E-state index in [2.05, 4.69) is 58.6 Å². The number of pyridine rings is 1. The highest BCUT2D eigenvalue weighted by atomic mass is 32.2. The molecule has 1 N–H and O–H groups in total. The molecule has 0 aliphatic rings. The van der Waals surface area contributed by atoms with Crippen molar-refractivity contribution >= 4 is 17.7 Å². The van der Waals surface area contributed by atoms with E-state index in [0.29, 0.717) is 17.5 Å². The second-order valence-electron chi connectivity index (χ2n) is 6.39. The van der Waals surface area contributed by atoms with Crippen LogP contribution in [-0.2, 0) is 11.2 Å². The lowest BCUT2D eigenvalue weighted by atomic mass is 10.1. The summed E-state index contributed by atoms with van der Waals surface area (Å²) in [6.45, 7) is 4.95. The number of carbonyl (C=O) groups excluding carboxylic acids is 1. The van der Waals surface area contributed by atoms with Crippen molar-refractivity contribution in [1.82, 2.24) is 25.1 Å². The number of benzene rings is 1. The van der Waals surface area contributed by atoms with E-state index < -0.39 is 0 Å². The molecule has 0 atom stereocenters. The number of nitrogens with one attached hydrogen (secondary N) is 1. The van der Waals surface area contributed by atoms with Crippen molar-refractivity contribution in [1.29, 1.82) is 0 Å². The molecule has 7 heteroatoms. The Morgan fingerprint density at radius 1 is 1.07 bits per heavy atom. The van der Waals surface area contributed by atoms with Crippen LogP contribution in [0.2, 0.25) is 0 Å². The number of amides is 1. The Morgan fingerprint density at radius 2 is 1.82 bits per heavy atom. The van der Waals surface area contributed by atoms with E-state index in [1.54, 1.807) is 12.4 Å². The maximum absolute atomic E-state index is 12.1. The summed E-state index contributed by atoms with van der Waals surface area (Å²) in [7, 11) is 0. The summed E-state index contributed by atoms with van der Waals surface area (Å²) in [6, 6.07) is 12.2. The average molecular weight is 396 g/mol. The van der Waals surface area contributed by atoms with Crippen molar-refractivity contribution in [2.24, 2.45) is 0 Å². The summed E-state index contributed by atoms with van der Waals surface area (Å²) in [4.78, 5) is 16.2. The first-order valence-electron chi connectivity index (χ1n) is 9.57. The first-order valence-corrected chi connectivity index (χ1v) is 10.6. The second-order valence-corrected chi connectivity index (χ2v) is 7.33. The van der Waals surface area contributed by atoms with Crippen LogP contribution in [-0.4, -0.2) is 38.0 Å². The van der Waals surface area contributed by atoms with Gasteiger partial charge in [0.25, 0.3) is 0 Å². The quantitative estimate of drug-likeness (QED) is 0.439. The summed E-state index contributed by atoms with van der Waals surface area (Å²) < 4.78 is 2.00. The van der Waals surface area contributed by atoms with E-state index in [1.807, 2.05) is 16.7 Å². The van der Waals surface area contributed by atoms with E-state index >= 15 is 0 Å². The molecule has 28 heavy (non-hydrogen) atoms. The molecule has 0 saturated carbocycles. The molecule has 2 aromatic heterocycles. The number of unbranched alkanes of at least 4 members (excludes halogenated alkanes) is 1. The van der Waals surface area contributed by atoms with E-state index in [0.717, 1.165) is 36.3 Å². The molecule has 1 amide bonds. The van der Waals surface area contributed by atoms with E-state index in [1.165, 1.54) is 17.3 Å². The topological polar surface area (TPSA) is 72.7 Å². The standard InChI is InChI=1S/C21H25N5OS/c1-3-5-12-23-19(27)15-28-21-25-24-20(17-10-13-22-14-11-17)26(21)18-8-6-16(4-2)7-9-18/h6-11,13-14H,3-5,12,15H2,1-2H3,(H,23,27). The number of carbonyl (C=O) groups is 1. The number of nitrogens with zero attached hydrogens (tertiary/aromatic N) is 4.